The minimum Gasteiger partial charge on any atom is -0.391 e. The summed E-state index contributed by atoms with van der Waals surface area (Å²) in [6.45, 7) is 5.84. The highest BCUT2D eigenvalue weighted by molar-refractivity contribution is 6.31. The van der Waals surface area contributed by atoms with Crippen molar-refractivity contribution in [3.63, 3.8) is 0 Å². The molecule has 2 N–H and O–H groups in total. The highest BCUT2D eigenvalue weighted by Crippen LogP contribution is 2.16. The van der Waals surface area contributed by atoms with Crippen LogP contribution in [0.1, 0.15) is 19.4 Å². The predicted molar refractivity (Wildman–Crippen MR) is 68.9 cm³/mol. The summed E-state index contributed by atoms with van der Waals surface area (Å²) in [5.41, 5.74) is 1.00. The van der Waals surface area contributed by atoms with Gasteiger partial charge in [-0.3, -0.25) is 0 Å². The Kier molecular flexibility index (Phi) is 5.81. The summed E-state index contributed by atoms with van der Waals surface area (Å²) >= 11 is 6.02. The van der Waals surface area contributed by atoms with E-state index in [9.17, 15) is 5.11 Å². The molecule has 2 nitrogen and oxygen atoms in total. The fourth-order valence-electron chi connectivity index (χ4n) is 1.53. The molecule has 0 saturated carbocycles. The van der Waals surface area contributed by atoms with Crippen LogP contribution in [0.5, 0.6) is 0 Å². The standard InChI is InChI=1S/C13H20ClNO/c1-10(2)8-15-9-12(16)7-11-5-3-4-6-13(11)14/h3-6,10,12,15-16H,7-9H2,1-2H3. The Morgan fingerprint density at radius 3 is 2.56 bits per heavy atom. The lowest BCUT2D eigenvalue weighted by molar-refractivity contribution is 0.170. The molecule has 1 atom stereocenters. The molecule has 0 aromatic heterocycles. The topological polar surface area (TPSA) is 32.3 Å². The first kappa shape index (κ1) is 13.5. The van der Waals surface area contributed by atoms with Crippen LogP contribution in [0.15, 0.2) is 24.3 Å². The zero-order valence-corrected chi connectivity index (χ0v) is 10.7. The van der Waals surface area contributed by atoms with Gasteiger partial charge in [-0.1, -0.05) is 43.6 Å². The number of nitrogens with one attached hydrogen (secondary N) is 1. The third-order valence-corrected chi connectivity index (χ3v) is 2.71. The van der Waals surface area contributed by atoms with Gasteiger partial charge in [0.15, 0.2) is 0 Å². The van der Waals surface area contributed by atoms with Gasteiger partial charge < -0.3 is 10.4 Å². The van der Waals surface area contributed by atoms with Gasteiger partial charge in [-0.2, -0.15) is 0 Å². The van der Waals surface area contributed by atoms with Crippen LogP contribution in [0, 0.1) is 5.92 Å². The van der Waals surface area contributed by atoms with E-state index >= 15 is 0 Å². The second-order valence-corrected chi connectivity index (χ2v) is 4.91. The average molecular weight is 242 g/mol. The van der Waals surface area contributed by atoms with E-state index in [4.69, 9.17) is 11.6 Å². The Balaban J connectivity index is 2.34. The molecule has 0 saturated heterocycles. The molecule has 0 heterocycles. The molecule has 0 aliphatic heterocycles. The number of rotatable bonds is 6. The molecule has 0 spiro atoms. The maximum absolute atomic E-state index is 9.82. The number of halogens is 1. The van der Waals surface area contributed by atoms with Crippen molar-refractivity contribution in [1.29, 1.82) is 0 Å². The number of hydrogen-bond donors (Lipinski definition) is 2. The highest BCUT2D eigenvalue weighted by atomic mass is 35.5. The lowest BCUT2D eigenvalue weighted by atomic mass is 10.1. The van der Waals surface area contributed by atoms with Crippen LogP contribution in [0.25, 0.3) is 0 Å². The minimum atomic E-state index is -0.376. The van der Waals surface area contributed by atoms with E-state index in [1.54, 1.807) is 0 Å². The summed E-state index contributed by atoms with van der Waals surface area (Å²) in [5.74, 6) is 0.604. The molecule has 0 aliphatic rings. The third-order valence-electron chi connectivity index (χ3n) is 2.35. The second kappa shape index (κ2) is 6.89. The van der Waals surface area contributed by atoms with Gasteiger partial charge in [-0.15, -0.1) is 0 Å². The zero-order chi connectivity index (χ0) is 12.0. The van der Waals surface area contributed by atoms with Gasteiger partial charge in [0, 0.05) is 18.0 Å². The smallest absolute Gasteiger partial charge is 0.0705 e. The van der Waals surface area contributed by atoms with Crippen LogP contribution in [0.4, 0.5) is 0 Å². The normalized spacial score (nSPS) is 13.1. The molecule has 0 fully saturated rings. The van der Waals surface area contributed by atoms with Crippen molar-refractivity contribution in [3.05, 3.63) is 34.9 Å². The molecular weight excluding hydrogens is 222 g/mol. The SMILES string of the molecule is CC(C)CNCC(O)Cc1ccccc1Cl. The van der Waals surface area contributed by atoms with E-state index < -0.39 is 0 Å². The summed E-state index contributed by atoms with van der Waals surface area (Å²) in [6.07, 6.45) is 0.226. The lowest BCUT2D eigenvalue weighted by Crippen LogP contribution is -2.30. The lowest BCUT2D eigenvalue weighted by Gasteiger charge is -2.13. The van der Waals surface area contributed by atoms with Gasteiger partial charge in [0.25, 0.3) is 0 Å². The molecule has 0 amide bonds. The molecule has 1 rings (SSSR count). The average Bonchev–Trinajstić information content (AvgIpc) is 2.21. The van der Waals surface area contributed by atoms with Gasteiger partial charge >= 0.3 is 0 Å². The predicted octanol–water partition coefficient (Wildman–Crippen LogP) is 2.49. The first-order valence-corrected chi connectivity index (χ1v) is 6.09. The number of hydrogen-bond acceptors (Lipinski definition) is 2. The van der Waals surface area contributed by atoms with Crippen molar-refractivity contribution in [2.75, 3.05) is 13.1 Å². The van der Waals surface area contributed by atoms with Crippen molar-refractivity contribution in [3.8, 4) is 0 Å². The largest absolute Gasteiger partial charge is 0.391 e. The fraction of sp³-hybridized carbons (Fsp3) is 0.538. The fourth-order valence-corrected chi connectivity index (χ4v) is 1.74. The van der Waals surface area contributed by atoms with E-state index in [1.165, 1.54) is 0 Å². The van der Waals surface area contributed by atoms with E-state index in [0.717, 1.165) is 17.1 Å². The van der Waals surface area contributed by atoms with Crippen LogP contribution >= 0.6 is 11.6 Å². The van der Waals surface area contributed by atoms with E-state index in [-0.39, 0.29) is 6.10 Å². The maximum atomic E-state index is 9.82. The summed E-state index contributed by atoms with van der Waals surface area (Å²) in [6, 6.07) is 7.64. The first-order valence-electron chi connectivity index (χ1n) is 5.71. The Hall–Kier alpha value is -0.570. The van der Waals surface area contributed by atoms with Gasteiger partial charge in [0.05, 0.1) is 6.10 Å². The summed E-state index contributed by atoms with van der Waals surface area (Å²) < 4.78 is 0. The van der Waals surface area contributed by atoms with Crippen molar-refractivity contribution in [2.24, 2.45) is 5.92 Å². The molecule has 3 heteroatoms. The minimum absolute atomic E-state index is 0.376. The monoisotopic (exact) mass is 241 g/mol. The Morgan fingerprint density at radius 2 is 1.94 bits per heavy atom. The Bertz CT molecular complexity index is 315. The van der Waals surface area contributed by atoms with E-state index in [2.05, 4.69) is 19.2 Å². The Labute approximate surface area is 103 Å². The van der Waals surface area contributed by atoms with E-state index in [1.807, 2.05) is 24.3 Å². The molecule has 90 valence electrons. The molecule has 0 aliphatic carbocycles. The zero-order valence-electron chi connectivity index (χ0n) is 9.91. The Morgan fingerprint density at radius 1 is 1.25 bits per heavy atom. The number of aliphatic hydroxyl groups is 1. The summed E-state index contributed by atoms with van der Waals surface area (Å²) in [5, 5.41) is 13.8. The summed E-state index contributed by atoms with van der Waals surface area (Å²) in [4.78, 5) is 0. The molecule has 0 radical (unpaired) electrons. The van der Waals surface area contributed by atoms with Crippen molar-refractivity contribution >= 4 is 11.6 Å². The van der Waals surface area contributed by atoms with Gasteiger partial charge in [-0.25, -0.2) is 0 Å². The second-order valence-electron chi connectivity index (χ2n) is 4.50. The van der Waals surface area contributed by atoms with Crippen molar-refractivity contribution < 1.29 is 5.11 Å². The number of benzene rings is 1. The van der Waals surface area contributed by atoms with Gasteiger partial charge in [0.1, 0.15) is 0 Å². The van der Waals surface area contributed by atoms with Gasteiger partial charge in [-0.05, 0) is 24.1 Å². The van der Waals surface area contributed by atoms with Crippen LogP contribution in [-0.2, 0) is 6.42 Å². The van der Waals surface area contributed by atoms with Gasteiger partial charge in [0.2, 0.25) is 0 Å². The quantitative estimate of drug-likeness (QED) is 0.802. The molecule has 0 bridgehead atoms. The first-order chi connectivity index (χ1) is 7.59. The summed E-state index contributed by atoms with van der Waals surface area (Å²) in [7, 11) is 0. The molecule has 1 aromatic carbocycles. The van der Waals surface area contributed by atoms with E-state index in [0.29, 0.717) is 18.9 Å². The number of aliphatic hydroxyl groups excluding tert-OH is 1. The molecule has 16 heavy (non-hydrogen) atoms. The van der Waals surface area contributed by atoms with Crippen molar-refractivity contribution in [1.82, 2.24) is 5.32 Å². The molecular formula is C13H20ClNO. The van der Waals surface area contributed by atoms with Crippen LogP contribution < -0.4 is 5.32 Å². The third kappa shape index (κ3) is 4.97. The molecule has 1 unspecified atom stereocenters. The van der Waals surface area contributed by atoms with Crippen LogP contribution in [0.3, 0.4) is 0 Å². The molecule has 1 aromatic rings. The van der Waals surface area contributed by atoms with Crippen molar-refractivity contribution in [2.45, 2.75) is 26.4 Å². The highest BCUT2D eigenvalue weighted by Gasteiger charge is 2.07. The maximum Gasteiger partial charge on any atom is 0.0705 e. The van der Waals surface area contributed by atoms with Crippen LogP contribution in [0.2, 0.25) is 5.02 Å². The van der Waals surface area contributed by atoms with Crippen LogP contribution in [-0.4, -0.2) is 24.3 Å².